The fourth-order valence-electron chi connectivity index (χ4n) is 3.26. The monoisotopic (exact) mass is 488 g/mol. The predicted molar refractivity (Wildman–Crippen MR) is 128 cm³/mol. The predicted octanol–water partition coefficient (Wildman–Crippen LogP) is 5.11. The van der Waals surface area contributed by atoms with Crippen LogP contribution in [0.2, 0.25) is 0 Å². The zero-order valence-corrected chi connectivity index (χ0v) is 20.7. The van der Waals surface area contributed by atoms with E-state index >= 15 is 0 Å². The van der Waals surface area contributed by atoms with Gasteiger partial charge in [0.05, 0.1) is 4.47 Å². The molecule has 0 spiro atoms. The summed E-state index contributed by atoms with van der Waals surface area (Å²) in [5.74, 6) is 0.219. The van der Waals surface area contributed by atoms with E-state index in [-0.39, 0.29) is 24.0 Å². The maximum absolute atomic E-state index is 13.2. The van der Waals surface area contributed by atoms with Crippen molar-refractivity contribution in [3.8, 4) is 5.75 Å². The fourth-order valence-corrected chi connectivity index (χ4v) is 3.80. The van der Waals surface area contributed by atoms with Crippen LogP contribution in [0.3, 0.4) is 0 Å². The molecule has 0 aliphatic heterocycles. The molecule has 31 heavy (non-hydrogen) atoms. The maximum atomic E-state index is 13.2. The molecule has 0 aromatic heterocycles. The van der Waals surface area contributed by atoms with Gasteiger partial charge in [0.15, 0.2) is 6.61 Å². The van der Waals surface area contributed by atoms with Gasteiger partial charge in [-0.15, -0.1) is 0 Å². The molecular formula is C25H33BrN2O3. The van der Waals surface area contributed by atoms with E-state index in [0.717, 1.165) is 16.5 Å². The van der Waals surface area contributed by atoms with E-state index in [1.54, 1.807) is 4.90 Å². The molecule has 0 saturated carbocycles. The number of benzene rings is 2. The highest BCUT2D eigenvalue weighted by atomic mass is 79.9. The van der Waals surface area contributed by atoms with Crippen molar-refractivity contribution >= 4 is 27.7 Å². The Morgan fingerprint density at radius 2 is 1.74 bits per heavy atom. The molecule has 1 N–H and O–H groups in total. The van der Waals surface area contributed by atoms with Gasteiger partial charge in [0.2, 0.25) is 5.91 Å². The lowest BCUT2D eigenvalue weighted by molar-refractivity contribution is -0.143. The quantitative estimate of drug-likeness (QED) is 0.533. The first-order valence-corrected chi connectivity index (χ1v) is 11.5. The van der Waals surface area contributed by atoms with Crippen molar-refractivity contribution in [2.45, 2.75) is 65.6 Å². The minimum absolute atomic E-state index is 0.143. The maximum Gasteiger partial charge on any atom is 0.261 e. The highest BCUT2D eigenvalue weighted by Gasteiger charge is 2.30. The van der Waals surface area contributed by atoms with Crippen molar-refractivity contribution in [2.24, 2.45) is 0 Å². The first kappa shape index (κ1) is 24.9. The SMILES string of the molecule is CCc1ccc(OCC(=O)N(Cc2ccccc2)[C@H](CC)C(=O)NC(C)(C)C)c(Br)c1. The molecule has 1 atom stereocenters. The van der Waals surface area contributed by atoms with Gasteiger partial charge in [-0.25, -0.2) is 0 Å². The van der Waals surface area contributed by atoms with Crippen LogP contribution in [-0.4, -0.2) is 34.9 Å². The number of nitrogens with zero attached hydrogens (tertiary/aromatic N) is 1. The number of hydrogen-bond acceptors (Lipinski definition) is 3. The van der Waals surface area contributed by atoms with Crippen LogP contribution in [0.25, 0.3) is 0 Å². The highest BCUT2D eigenvalue weighted by molar-refractivity contribution is 9.10. The largest absolute Gasteiger partial charge is 0.483 e. The van der Waals surface area contributed by atoms with Crippen molar-refractivity contribution < 1.29 is 14.3 Å². The van der Waals surface area contributed by atoms with E-state index in [9.17, 15) is 9.59 Å². The third-order valence-corrected chi connectivity index (χ3v) is 5.46. The summed E-state index contributed by atoms with van der Waals surface area (Å²) in [5.41, 5.74) is 1.77. The second-order valence-electron chi connectivity index (χ2n) is 8.58. The summed E-state index contributed by atoms with van der Waals surface area (Å²) in [5, 5.41) is 3.01. The molecule has 0 unspecified atom stereocenters. The molecule has 0 aliphatic rings. The van der Waals surface area contributed by atoms with Crippen molar-refractivity contribution in [3.63, 3.8) is 0 Å². The zero-order chi connectivity index (χ0) is 23.0. The molecule has 2 amide bonds. The molecule has 0 saturated heterocycles. The first-order chi connectivity index (χ1) is 14.6. The summed E-state index contributed by atoms with van der Waals surface area (Å²) < 4.78 is 6.63. The lowest BCUT2D eigenvalue weighted by atomic mass is 10.1. The highest BCUT2D eigenvalue weighted by Crippen LogP contribution is 2.26. The van der Waals surface area contributed by atoms with Crippen LogP contribution in [0.4, 0.5) is 0 Å². The number of aryl methyl sites for hydroxylation is 1. The average Bonchev–Trinajstić information content (AvgIpc) is 2.71. The summed E-state index contributed by atoms with van der Waals surface area (Å²) in [6.07, 6.45) is 1.43. The van der Waals surface area contributed by atoms with Gasteiger partial charge in [-0.1, -0.05) is 50.2 Å². The minimum atomic E-state index is -0.582. The van der Waals surface area contributed by atoms with Gasteiger partial charge in [0.1, 0.15) is 11.8 Å². The lowest BCUT2D eigenvalue weighted by Gasteiger charge is -2.33. The Kier molecular flexibility index (Phi) is 9.11. The van der Waals surface area contributed by atoms with E-state index in [1.165, 1.54) is 5.56 Å². The second-order valence-corrected chi connectivity index (χ2v) is 9.43. The Labute approximate surface area is 194 Å². The number of carbonyl (C=O) groups is 2. The van der Waals surface area contributed by atoms with Crippen LogP contribution in [0.5, 0.6) is 5.75 Å². The van der Waals surface area contributed by atoms with Gasteiger partial charge in [-0.2, -0.15) is 0 Å². The Morgan fingerprint density at radius 3 is 2.29 bits per heavy atom. The molecule has 2 aromatic carbocycles. The Balaban J connectivity index is 2.21. The molecule has 2 aromatic rings. The molecule has 168 valence electrons. The Hall–Kier alpha value is -2.34. The molecule has 0 radical (unpaired) electrons. The van der Waals surface area contributed by atoms with E-state index in [2.05, 4.69) is 28.2 Å². The molecule has 2 rings (SSSR count). The molecule has 0 aliphatic carbocycles. The van der Waals surface area contributed by atoms with Gasteiger partial charge in [0.25, 0.3) is 5.91 Å². The van der Waals surface area contributed by atoms with Crippen LogP contribution in [-0.2, 0) is 22.6 Å². The number of nitrogens with one attached hydrogen (secondary N) is 1. The van der Waals surface area contributed by atoms with Crippen LogP contribution in [0.15, 0.2) is 53.0 Å². The normalized spacial score (nSPS) is 12.2. The van der Waals surface area contributed by atoms with Crippen molar-refractivity contribution in [2.75, 3.05) is 6.61 Å². The van der Waals surface area contributed by atoms with E-state index in [0.29, 0.717) is 18.7 Å². The van der Waals surface area contributed by atoms with E-state index in [4.69, 9.17) is 4.74 Å². The number of rotatable bonds is 9. The van der Waals surface area contributed by atoms with Crippen molar-refractivity contribution in [1.82, 2.24) is 10.2 Å². The summed E-state index contributed by atoms with van der Waals surface area (Å²) in [7, 11) is 0. The standard InChI is InChI=1S/C25H33BrN2O3/c1-6-18-13-14-22(20(26)15-18)31-17-23(29)28(16-19-11-9-8-10-12-19)21(7-2)24(30)27-25(3,4)5/h8-15,21H,6-7,16-17H2,1-5H3,(H,27,30)/t21-/m1/s1. The fraction of sp³-hybridized carbons (Fsp3) is 0.440. The van der Waals surface area contributed by atoms with Gasteiger partial charge in [-0.3, -0.25) is 9.59 Å². The van der Waals surface area contributed by atoms with E-state index in [1.807, 2.05) is 76.2 Å². The summed E-state index contributed by atoms with van der Waals surface area (Å²) in [6, 6.07) is 15.0. The summed E-state index contributed by atoms with van der Waals surface area (Å²) in [6.45, 7) is 10.00. The smallest absolute Gasteiger partial charge is 0.261 e. The minimum Gasteiger partial charge on any atom is -0.483 e. The molecule has 0 fully saturated rings. The third kappa shape index (κ3) is 7.69. The zero-order valence-electron chi connectivity index (χ0n) is 19.1. The van der Waals surface area contributed by atoms with Gasteiger partial charge in [0, 0.05) is 12.1 Å². The number of halogens is 1. The van der Waals surface area contributed by atoms with Gasteiger partial charge in [-0.05, 0) is 72.8 Å². The number of carbonyl (C=O) groups excluding carboxylic acids is 2. The topological polar surface area (TPSA) is 58.6 Å². The van der Waals surface area contributed by atoms with Gasteiger partial charge >= 0.3 is 0 Å². The molecule has 5 nitrogen and oxygen atoms in total. The summed E-state index contributed by atoms with van der Waals surface area (Å²) >= 11 is 3.51. The lowest BCUT2D eigenvalue weighted by Crippen LogP contribution is -2.54. The van der Waals surface area contributed by atoms with Crippen LogP contribution >= 0.6 is 15.9 Å². The van der Waals surface area contributed by atoms with Crippen LogP contribution in [0, 0.1) is 0 Å². The van der Waals surface area contributed by atoms with Gasteiger partial charge < -0.3 is 15.0 Å². The Morgan fingerprint density at radius 1 is 1.06 bits per heavy atom. The van der Waals surface area contributed by atoms with Crippen LogP contribution < -0.4 is 10.1 Å². The third-order valence-electron chi connectivity index (χ3n) is 4.84. The molecule has 0 heterocycles. The number of amides is 2. The number of ether oxygens (including phenoxy) is 1. The van der Waals surface area contributed by atoms with E-state index < -0.39 is 6.04 Å². The summed E-state index contributed by atoms with van der Waals surface area (Å²) in [4.78, 5) is 27.8. The first-order valence-electron chi connectivity index (χ1n) is 10.7. The van der Waals surface area contributed by atoms with Crippen LogP contribution in [0.1, 0.15) is 52.2 Å². The number of hydrogen-bond donors (Lipinski definition) is 1. The molecular weight excluding hydrogens is 456 g/mol. The Bertz CT molecular complexity index is 878. The molecule has 6 heteroatoms. The van der Waals surface area contributed by atoms with Crippen molar-refractivity contribution in [1.29, 1.82) is 0 Å². The average molecular weight is 489 g/mol. The van der Waals surface area contributed by atoms with Crippen molar-refractivity contribution in [3.05, 3.63) is 64.1 Å². The molecule has 0 bridgehead atoms. The second kappa shape index (κ2) is 11.3.